The van der Waals surface area contributed by atoms with Gasteiger partial charge in [-0.15, -0.1) is 0 Å². The van der Waals surface area contributed by atoms with E-state index in [9.17, 15) is 4.79 Å². The second kappa shape index (κ2) is 5.15. The minimum absolute atomic E-state index is 0.338. The Labute approximate surface area is 84.8 Å². The van der Waals surface area contributed by atoms with Gasteiger partial charge in [-0.05, 0) is 39.5 Å². The number of carboxylic acid groups (broad SMARTS) is 1. The molecule has 3 nitrogen and oxygen atoms in total. The highest BCUT2D eigenvalue weighted by Gasteiger charge is 2.19. The molecular weight excluding hydrogens is 180 g/mol. The van der Waals surface area contributed by atoms with Gasteiger partial charge >= 0.3 is 5.97 Å². The minimum atomic E-state index is -0.783. The molecule has 1 rings (SSSR count). The number of hydrogen-bond donors (Lipinski definition) is 1. The van der Waals surface area contributed by atoms with Crippen LogP contribution in [0, 0.1) is 0 Å². The fourth-order valence-electron chi connectivity index (χ4n) is 1.87. The number of carbonyl (C=O) groups is 1. The zero-order chi connectivity index (χ0) is 10.6. The van der Waals surface area contributed by atoms with E-state index in [4.69, 9.17) is 9.84 Å². The number of allylic oxidation sites excluding steroid dienone is 1. The first kappa shape index (κ1) is 11.2. The largest absolute Gasteiger partial charge is 0.478 e. The van der Waals surface area contributed by atoms with Crippen molar-refractivity contribution in [2.75, 3.05) is 6.61 Å². The van der Waals surface area contributed by atoms with Crippen LogP contribution in [0.5, 0.6) is 0 Å². The van der Waals surface area contributed by atoms with Crippen LogP contribution >= 0.6 is 0 Å². The molecule has 0 bridgehead atoms. The number of ether oxygens (including phenoxy) is 1. The average molecular weight is 198 g/mol. The average Bonchev–Trinajstić information content (AvgIpc) is 2.18. The van der Waals surface area contributed by atoms with Crippen molar-refractivity contribution in [3.05, 3.63) is 11.1 Å². The molecule has 1 fully saturated rings. The summed E-state index contributed by atoms with van der Waals surface area (Å²) in [4.78, 5) is 10.7. The molecule has 0 aromatic carbocycles. The lowest BCUT2D eigenvalue weighted by molar-refractivity contribution is -0.132. The second-order valence-electron chi connectivity index (χ2n) is 3.69. The zero-order valence-corrected chi connectivity index (χ0v) is 8.88. The molecule has 0 unspecified atom stereocenters. The monoisotopic (exact) mass is 198 g/mol. The van der Waals surface area contributed by atoms with Gasteiger partial charge in [0.15, 0.2) is 0 Å². The quantitative estimate of drug-likeness (QED) is 0.708. The number of hydrogen-bond acceptors (Lipinski definition) is 2. The smallest absolute Gasteiger partial charge is 0.331 e. The molecule has 0 spiro atoms. The van der Waals surface area contributed by atoms with Gasteiger partial charge in [-0.3, -0.25) is 0 Å². The van der Waals surface area contributed by atoms with E-state index in [-0.39, 0.29) is 0 Å². The third kappa shape index (κ3) is 2.84. The van der Waals surface area contributed by atoms with E-state index in [1.54, 1.807) is 6.92 Å². The van der Waals surface area contributed by atoms with Gasteiger partial charge in [0.05, 0.1) is 6.10 Å². The van der Waals surface area contributed by atoms with Gasteiger partial charge in [0.1, 0.15) is 0 Å². The van der Waals surface area contributed by atoms with E-state index < -0.39 is 5.97 Å². The molecule has 0 radical (unpaired) electrons. The Morgan fingerprint density at radius 3 is 2.50 bits per heavy atom. The van der Waals surface area contributed by atoms with Gasteiger partial charge in [0, 0.05) is 12.2 Å². The molecule has 1 aliphatic rings. The Morgan fingerprint density at radius 1 is 1.50 bits per heavy atom. The fourth-order valence-corrected chi connectivity index (χ4v) is 1.87. The summed E-state index contributed by atoms with van der Waals surface area (Å²) in [6.45, 7) is 4.44. The standard InChI is InChI=1S/C11H18O3/c1-3-14-10-6-4-9(5-7-10)8(2)11(12)13/h10H,3-7H2,1-2H3,(H,12,13). The van der Waals surface area contributed by atoms with Gasteiger partial charge in [0.25, 0.3) is 0 Å². The SMILES string of the molecule is CCOC1CCC(=C(C)C(=O)O)CC1. The molecule has 0 amide bonds. The van der Waals surface area contributed by atoms with Crippen LogP contribution in [0.2, 0.25) is 0 Å². The summed E-state index contributed by atoms with van der Waals surface area (Å²) < 4.78 is 5.50. The third-order valence-corrected chi connectivity index (χ3v) is 2.79. The van der Waals surface area contributed by atoms with E-state index >= 15 is 0 Å². The van der Waals surface area contributed by atoms with Crippen LogP contribution in [-0.2, 0) is 9.53 Å². The maximum atomic E-state index is 10.7. The first-order chi connectivity index (χ1) is 6.65. The van der Waals surface area contributed by atoms with Crippen molar-refractivity contribution in [2.45, 2.75) is 45.6 Å². The molecule has 0 saturated heterocycles. The topological polar surface area (TPSA) is 46.5 Å². The Hall–Kier alpha value is -0.830. The van der Waals surface area contributed by atoms with E-state index in [1.165, 1.54) is 0 Å². The lowest BCUT2D eigenvalue weighted by atomic mass is 9.89. The Balaban J connectivity index is 2.50. The van der Waals surface area contributed by atoms with Crippen molar-refractivity contribution >= 4 is 5.97 Å². The van der Waals surface area contributed by atoms with E-state index in [2.05, 4.69) is 0 Å². The molecule has 1 saturated carbocycles. The number of rotatable bonds is 3. The van der Waals surface area contributed by atoms with Crippen LogP contribution in [0.4, 0.5) is 0 Å². The van der Waals surface area contributed by atoms with Gasteiger partial charge in [0.2, 0.25) is 0 Å². The predicted molar refractivity (Wildman–Crippen MR) is 54.2 cm³/mol. The summed E-state index contributed by atoms with van der Waals surface area (Å²) >= 11 is 0. The van der Waals surface area contributed by atoms with Gasteiger partial charge in [-0.2, -0.15) is 0 Å². The van der Waals surface area contributed by atoms with Crippen molar-refractivity contribution < 1.29 is 14.6 Å². The second-order valence-corrected chi connectivity index (χ2v) is 3.69. The Bertz CT molecular complexity index is 233. The summed E-state index contributed by atoms with van der Waals surface area (Å²) in [5.41, 5.74) is 1.62. The molecule has 0 atom stereocenters. The van der Waals surface area contributed by atoms with E-state index in [0.29, 0.717) is 11.7 Å². The predicted octanol–water partition coefficient (Wildman–Crippen LogP) is 2.37. The molecule has 1 N–H and O–H groups in total. The summed E-state index contributed by atoms with van der Waals surface area (Å²) in [7, 11) is 0. The maximum Gasteiger partial charge on any atom is 0.331 e. The van der Waals surface area contributed by atoms with Crippen LogP contribution in [-0.4, -0.2) is 23.8 Å². The number of carboxylic acids is 1. The van der Waals surface area contributed by atoms with E-state index in [0.717, 1.165) is 37.9 Å². The van der Waals surface area contributed by atoms with Crippen LogP contribution in [0.1, 0.15) is 39.5 Å². The fraction of sp³-hybridized carbons (Fsp3) is 0.727. The van der Waals surface area contributed by atoms with Gasteiger partial charge < -0.3 is 9.84 Å². The number of aliphatic carboxylic acids is 1. The van der Waals surface area contributed by atoms with Crippen LogP contribution in [0.25, 0.3) is 0 Å². The molecule has 0 heterocycles. The molecule has 0 aromatic heterocycles. The lowest BCUT2D eigenvalue weighted by Gasteiger charge is -2.24. The van der Waals surface area contributed by atoms with Crippen molar-refractivity contribution in [3.8, 4) is 0 Å². The molecule has 80 valence electrons. The molecule has 0 aliphatic heterocycles. The highest BCUT2D eigenvalue weighted by atomic mass is 16.5. The van der Waals surface area contributed by atoms with Crippen molar-refractivity contribution in [1.29, 1.82) is 0 Å². The first-order valence-electron chi connectivity index (χ1n) is 5.18. The van der Waals surface area contributed by atoms with Crippen molar-refractivity contribution in [3.63, 3.8) is 0 Å². The molecular formula is C11H18O3. The summed E-state index contributed by atoms with van der Waals surface area (Å²) in [6, 6.07) is 0. The van der Waals surface area contributed by atoms with Gasteiger partial charge in [-0.25, -0.2) is 4.79 Å². The lowest BCUT2D eigenvalue weighted by Crippen LogP contribution is -2.19. The summed E-state index contributed by atoms with van der Waals surface area (Å²) in [5, 5.41) is 8.81. The minimum Gasteiger partial charge on any atom is -0.478 e. The van der Waals surface area contributed by atoms with E-state index in [1.807, 2.05) is 6.92 Å². The molecule has 0 aromatic rings. The van der Waals surface area contributed by atoms with Crippen LogP contribution in [0.15, 0.2) is 11.1 Å². The Morgan fingerprint density at radius 2 is 2.07 bits per heavy atom. The van der Waals surface area contributed by atoms with Crippen LogP contribution in [0.3, 0.4) is 0 Å². The third-order valence-electron chi connectivity index (χ3n) is 2.79. The molecule has 14 heavy (non-hydrogen) atoms. The zero-order valence-electron chi connectivity index (χ0n) is 8.88. The first-order valence-corrected chi connectivity index (χ1v) is 5.18. The molecule has 3 heteroatoms. The van der Waals surface area contributed by atoms with Crippen LogP contribution < -0.4 is 0 Å². The highest BCUT2D eigenvalue weighted by Crippen LogP contribution is 2.27. The normalized spacial score (nSPS) is 22.1. The van der Waals surface area contributed by atoms with Crippen molar-refractivity contribution in [1.82, 2.24) is 0 Å². The Kier molecular flexibility index (Phi) is 4.14. The summed E-state index contributed by atoms with van der Waals surface area (Å²) in [5.74, 6) is -0.783. The highest BCUT2D eigenvalue weighted by molar-refractivity contribution is 5.86. The van der Waals surface area contributed by atoms with Crippen molar-refractivity contribution in [2.24, 2.45) is 0 Å². The molecule has 1 aliphatic carbocycles. The van der Waals surface area contributed by atoms with Gasteiger partial charge in [-0.1, -0.05) is 5.57 Å². The maximum absolute atomic E-state index is 10.7. The summed E-state index contributed by atoms with van der Waals surface area (Å²) in [6.07, 6.45) is 4.03.